The van der Waals surface area contributed by atoms with E-state index in [1.807, 2.05) is 4.90 Å². The zero-order chi connectivity index (χ0) is 9.42. The zero-order valence-electron chi connectivity index (χ0n) is 8.42. The van der Waals surface area contributed by atoms with Crippen LogP contribution in [0.15, 0.2) is 0 Å². The van der Waals surface area contributed by atoms with E-state index in [0.29, 0.717) is 12.0 Å². The van der Waals surface area contributed by atoms with Crippen molar-refractivity contribution in [3.05, 3.63) is 0 Å². The van der Waals surface area contributed by atoms with Gasteiger partial charge in [0.05, 0.1) is 0 Å². The second kappa shape index (κ2) is 3.20. The third-order valence-electron chi connectivity index (χ3n) is 3.04. The van der Waals surface area contributed by atoms with Crippen molar-refractivity contribution < 1.29 is 4.79 Å². The van der Waals surface area contributed by atoms with Gasteiger partial charge < -0.3 is 10.2 Å². The molecule has 0 spiro atoms. The normalized spacial score (nSPS) is 23.2. The Morgan fingerprint density at radius 3 is 2.46 bits per heavy atom. The second-order valence-electron chi connectivity index (χ2n) is 4.63. The second-order valence-corrected chi connectivity index (χ2v) is 4.63. The summed E-state index contributed by atoms with van der Waals surface area (Å²) in [6, 6.07) is 0.644. The molecule has 13 heavy (non-hydrogen) atoms. The minimum atomic E-state index is 0.152. The van der Waals surface area contributed by atoms with Crippen molar-refractivity contribution in [3.63, 3.8) is 0 Å². The number of hydrogen-bond donors (Lipinski definition) is 1. The molecule has 3 nitrogen and oxygen atoms in total. The molecule has 2 rings (SSSR count). The van der Waals surface area contributed by atoms with Crippen molar-refractivity contribution in [1.29, 1.82) is 0 Å². The lowest BCUT2D eigenvalue weighted by molar-refractivity contribution is 0.0939. The molecule has 2 fully saturated rings. The molecule has 2 aliphatic rings. The molecule has 2 amide bonds. The van der Waals surface area contributed by atoms with Crippen LogP contribution in [0.1, 0.15) is 26.7 Å². The molecule has 1 saturated heterocycles. The van der Waals surface area contributed by atoms with Crippen molar-refractivity contribution in [3.8, 4) is 0 Å². The summed E-state index contributed by atoms with van der Waals surface area (Å²) < 4.78 is 0. The van der Waals surface area contributed by atoms with E-state index in [9.17, 15) is 4.79 Å². The van der Waals surface area contributed by atoms with Gasteiger partial charge in [-0.2, -0.15) is 0 Å². The molecular weight excluding hydrogens is 164 g/mol. The van der Waals surface area contributed by atoms with Crippen molar-refractivity contribution in [1.82, 2.24) is 10.2 Å². The van der Waals surface area contributed by atoms with Crippen LogP contribution in [-0.4, -0.2) is 30.1 Å². The van der Waals surface area contributed by atoms with Gasteiger partial charge in [-0.15, -0.1) is 0 Å². The van der Waals surface area contributed by atoms with Gasteiger partial charge in [0, 0.05) is 19.1 Å². The molecule has 0 unspecified atom stereocenters. The first-order chi connectivity index (χ1) is 6.16. The molecule has 1 aliphatic heterocycles. The summed E-state index contributed by atoms with van der Waals surface area (Å²) in [5.74, 6) is 1.44. The summed E-state index contributed by atoms with van der Waals surface area (Å²) in [6.07, 6.45) is 2.35. The van der Waals surface area contributed by atoms with Crippen LogP contribution in [0.4, 0.5) is 4.79 Å². The largest absolute Gasteiger partial charge is 0.335 e. The Bertz CT molecular complexity index is 205. The van der Waals surface area contributed by atoms with Crippen molar-refractivity contribution in [2.75, 3.05) is 13.1 Å². The first kappa shape index (κ1) is 8.85. The highest BCUT2D eigenvalue weighted by Gasteiger charge is 2.34. The van der Waals surface area contributed by atoms with E-state index in [2.05, 4.69) is 19.2 Å². The van der Waals surface area contributed by atoms with E-state index in [0.717, 1.165) is 19.0 Å². The average molecular weight is 182 g/mol. The number of amides is 2. The Hall–Kier alpha value is -0.730. The Kier molecular flexibility index (Phi) is 2.18. The Morgan fingerprint density at radius 2 is 2.00 bits per heavy atom. The van der Waals surface area contributed by atoms with E-state index >= 15 is 0 Å². The number of nitrogens with one attached hydrogen (secondary N) is 1. The fourth-order valence-electron chi connectivity index (χ4n) is 1.59. The van der Waals surface area contributed by atoms with Gasteiger partial charge >= 0.3 is 6.03 Å². The topological polar surface area (TPSA) is 32.3 Å². The first-order valence-electron chi connectivity index (χ1n) is 5.22. The molecule has 0 radical (unpaired) electrons. The number of carbonyl (C=O) groups is 1. The number of rotatable bonds is 2. The Morgan fingerprint density at radius 1 is 1.38 bits per heavy atom. The van der Waals surface area contributed by atoms with Gasteiger partial charge in [0.25, 0.3) is 0 Å². The number of carbonyl (C=O) groups excluding carboxylic acids is 1. The lowest BCUT2D eigenvalue weighted by atomic mass is 9.89. The number of nitrogens with zero attached hydrogens (tertiary/aromatic N) is 1. The predicted octanol–water partition coefficient (Wildman–Crippen LogP) is 1.45. The molecule has 3 heteroatoms. The highest BCUT2D eigenvalue weighted by atomic mass is 16.2. The summed E-state index contributed by atoms with van der Waals surface area (Å²) in [5, 5.41) is 3.00. The fourth-order valence-corrected chi connectivity index (χ4v) is 1.59. The minimum absolute atomic E-state index is 0.152. The monoisotopic (exact) mass is 182 g/mol. The van der Waals surface area contributed by atoms with Crippen molar-refractivity contribution in [2.45, 2.75) is 32.7 Å². The van der Waals surface area contributed by atoms with Crippen LogP contribution in [0.2, 0.25) is 0 Å². The summed E-state index contributed by atoms with van der Waals surface area (Å²) >= 11 is 0. The third-order valence-corrected chi connectivity index (χ3v) is 3.04. The molecule has 1 aliphatic carbocycles. The number of likely N-dealkylation sites (tertiary alicyclic amines) is 1. The molecule has 0 atom stereocenters. The highest BCUT2D eigenvalue weighted by molar-refractivity contribution is 5.75. The van der Waals surface area contributed by atoms with Crippen LogP contribution in [0.5, 0.6) is 0 Å². The van der Waals surface area contributed by atoms with Crippen LogP contribution in [0.3, 0.4) is 0 Å². The molecule has 74 valence electrons. The zero-order valence-corrected chi connectivity index (χ0v) is 8.42. The van der Waals surface area contributed by atoms with Gasteiger partial charge in [0.1, 0.15) is 0 Å². The van der Waals surface area contributed by atoms with Crippen molar-refractivity contribution >= 4 is 6.03 Å². The maximum absolute atomic E-state index is 11.5. The lowest BCUT2D eigenvalue weighted by Crippen LogP contribution is -2.55. The number of hydrogen-bond acceptors (Lipinski definition) is 1. The van der Waals surface area contributed by atoms with Crippen LogP contribution in [-0.2, 0) is 0 Å². The van der Waals surface area contributed by atoms with E-state index in [1.54, 1.807) is 0 Å². The molecule has 1 N–H and O–H groups in total. The summed E-state index contributed by atoms with van der Waals surface area (Å²) in [7, 11) is 0. The Balaban J connectivity index is 1.69. The van der Waals surface area contributed by atoms with Crippen LogP contribution in [0.25, 0.3) is 0 Å². The van der Waals surface area contributed by atoms with Gasteiger partial charge in [-0.05, 0) is 24.7 Å². The van der Waals surface area contributed by atoms with Crippen LogP contribution in [0, 0.1) is 11.8 Å². The Labute approximate surface area is 79.5 Å². The van der Waals surface area contributed by atoms with Crippen LogP contribution < -0.4 is 5.32 Å². The van der Waals surface area contributed by atoms with Crippen LogP contribution >= 0.6 is 0 Å². The average Bonchev–Trinajstić information content (AvgIpc) is 2.66. The number of urea groups is 1. The smallest absolute Gasteiger partial charge is 0.317 e. The van der Waals surface area contributed by atoms with E-state index < -0.39 is 0 Å². The predicted molar refractivity (Wildman–Crippen MR) is 51.5 cm³/mol. The molecule has 1 heterocycles. The quantitative estimate of drug-likeness (QED) is 0.688. The lowest BCUT2D eigenvalue weighted by Gasteiger charge is -2.41. The molecule has 0 aromatic rings. The molecule has 1 saturated carbocycles. The van der Waals surface area contributed by atoms with Crippen molar-refractivity contribution in [2.24, 2.45) is 11.8 Å². The fraction of sp³-hybridized carbons (Fsp3) is 0.900. The van der Waals surface area contributed by atoms with Gasteiger partial charge in [0.2, 0.25) is 0 Å². The van der Waals surface area contributed by atoms with Gasteiger partial charge in [0.15, 0.2) is 0 Å². The maximum atomic E-state index is 11.5. The SMILES string of the molecule is CC(C)C1CN(C(=O)NC2CC2)C1. The minimum Gasteiger partial charge on any atom is -0.335 e. The highest BCUT2D eigenvalue weighted by Crippen LogP contribution is 2.25. The van der Waals surface area contributed by atoms with E-state index in [-0.39, 0.29) is 6.03 Å². The van der Waals surface area contributed by atoms with E-state index in [1.165, 1.54) is 12.8 Å². The molecule has 0 bridgehead atoms. The van der Waals surface area contributed by atoms with Gasteiger partial charge in [-0.3, -0.25) is 0 Å². The standard InChI is InChI=1S/C10H18N2O/c1-7(2)8-5-12(6-8)10(13)11-9-3-4-9/h7-9H,3-6H2,1-2H3,(H,11,13). The summed E-state index contributed by atoms with van der Waals surface area (Å²) in [4.78, 5) is 13.4. The maximum Gasteiger partial charge on any atom is 0.317 e. The van der Waals surface area contributed by atoms with Gasteiger partial charge in [-0.1, -0.05) is 13.8 Å². The van der Waals surface area contributed by atoms with Gasteiger partial charge in [-0.25, -0.2) is 4.79 Å². The first-order valence-corrected chi connectivity index (χ1v) is 5.22. The molecule has 0 aromatic heterocycles. The molecule has 0 aromatic carbocycles. The summed E-state index contributed by atoms with van der Waals surface area (Å²) in [6.45, 7) is 6.36. The molecular formula is C10H18N2O. The third kappa shape index (κ3) is 1.95. The summed E-state index contributed by atoms with van der Waals surface area (Å²) in [5.41, 5.74) is 0. The van der Waals surface area contributed by atoms with E-state index in [4.69, 9.17) is 0 Å².